The van der Waals surface area contributed by atoms with Gasteiger partial charge in [0.2, 0.25) is 0 Å². The van der Waals surface area contributed by atoms with Crippen LogP contribution in [0.4, 0.5) is 0 Å². The molecule has 0 aliphatic rings. The first-order valence-corrected chi connectivity index (χ1v) is 6.56. The van der Waals surface area contributed by atoms with E-state index in [4.69, 9.17) is 4.74 Å². The third-order valence-electron chi connectivity index (χ3n) is 3.10. The minimum atomic E-state index is -0.385. The number of nitrogens with one attached hydrogen (secondary N) is 2. The van der Waals surface area contributed by atoms with E-state index in [1.807, 2.05) is 31.2 Å². The van der Waals surface area contributed by atoms with Gasteiger partial charge in [0.05, 0.1) is 12.0 Å². The summed E-state index contributed by atoms with van der Waals surface area (Å²) in [6, 6.07) is 7.55. The highest BCUT2D eigenvalue weighted by molar-refractivity contribution is 5.76. The Kier molecular flexibility index (Phi) is 4.90. The fourth-order valence-electron chi connectivity index (χ4n) is 1.85. The molecule has 5 heteroatoms. The number of H-pyrrole nitrogens is 1. The quantitative estimate of drug-likeness (QED) is 0.784. The zero-order valence-corrected chi connectivity index (χ0v) is 11.7. The fourth-order valence-corrected chi connectivity index (χ4v) is 1.85. The number of likely N-dealkylation sites (N-methyl/N-ethyl adjacent to an activating group) is 1. The molecule has 0 saturated carbocycles. The first-order valence-electron chi connectivity index (χ1n) is 6.56. The normalized spacial score (nSPS) is 12.1. The zero-order valence-electron chi connectivity index (χ0n) is 11.7. The van der Waals surface area contributed by atoms with Crippen molar-refractivity contribution in [2.45, 2.75) is 26.0 Å². The molecule has 1 aromatic heterocycles. The number of hydrogen-bond donors (Lipinski definition) is 2. The molecule has 5 nitrogen and oxygen atoms in total. The zero-order chi connectivity index (χ0) is 14.4. The Morgan fingerprint density at radius 3 is 2.75 bits per heavy atom. The molecule has 0 aliphatic carbocycles. The summed E-state index contributed by atoms with van der Waals surface area (Å²) in [6.45, 7) is 2.31. The van der Waals surface area contributed by atoms with Crippen molar-refractivity contribution >= 4 is 5.97 Å². The highest BCUT2D eigenvalue weighted by Gasteiger charge is 2.19. The van der Waals surface area contributed by atoms with Crippen molar-refractivity contribution in [2.75, 3.05) is 7.05 Å². The largest absolute Gasteiger partial charge is 0.460 e. The second-order valence-corrected chi connectivity index (χ2v) is 4.70. The molecule has 1 atom stereocenters. The van der Waals surface area contributed by atoms with Gasteiger partial charge in [-0.3, -0.25) is 4.79 Å². The Morgan fingerprint density at radius 2 is 2.15 bits per heavy atom. The molecule has 2 rings (SSSR count). The average molecular weight is 273 g/mol. The van der Waals surface area contributed by atoms with Crippen LogP contribution in [0.3, 0.4) is 0 Å². The third kappa shape index (κ3) is 3.93. The number of esters is 1. The molecule has 0 unspecified atom stereocenters. The summed E-state index contributed by atoms with van der Waals surface area (Å²) in [5.41, 5.74) is 3.00. The number of rotatable bonds is 6. The minimum absolute atomic E-state index is 0.268. The number of carbonyl (C=O) groups excluding carboxylic acids is 1. The summed E-state index contributed by atoms with van der Waals surface area (Å²) >= 11 is 0. The maximum absolute atomic E-state index is 12.0. The second kappa shape index (κ2) is 6.86. The van der Waals surface area contributed by atoms with E-state index in [2.05, 4.69) is 15.3 Å². The van der Waals surface area contributed by atoms with Crippen LogP contribution < -0.4 is 5.32 Å². The van der Waals surface area contributed by atoms with Crippen LogP contribution in [0.2, 0.25) is 0 Å². The molecule has 2 aromatic rings. The highest BCUT2D eigenvalue weighted by atomic mass is 16.5. The van der Waals surface area contributed by atoms with Crippen molar-refractivity contribution in [3.63, 3.8) is 0 Å². The summed E-state index contributed by atoms with van der Waals surface area (Å²) in [5.74, 6) is -0.268. The van der Waals surface area contributed by atoms with Crippen LogP contribution in [0.15, 0.2) is 36.8 Å². The van der Waals surface area contributed by atoms with E-state index in [1.54, 1.807) is 19.6 Å². The molecule has 0 saturated heterocycles. The maximum Gasteiger partial charge on any atom is 0.323 e. The van der Waals surface area contributed by atoms with Crippen LogP contribution in [-0.4, -0.2) is 29.0 Å². The smallest absolute Gasteiger partial charge is 0.323 e. The first kappa shape index (κ1) is 14.3. The van der Waals surface area contributed by atoms with E-state index < -0.39 is 0 Å². The molecule has 1 heterocycles. The molecular weight excluding hydrogens is 254 g/mol. The predicted octanol–water partition coefficient (Wildman–Crippen LogP) is 1.59. The van der Waals surface area contributed by atoms with Crippen molar-refractivity contribution in [1.29, 1.82) is 0 Å². The summed E-state index contributed by atoms with van der Waals surface area (Å²) in [6.07, 6.45) is 3.88. The van der Waals surface area contributed by atoms with Crippen molar-refractivity contribution < 1.29 is 9.53 Å². The van der Waals surface area contributed by atoms with Crippen molar-refractivity contribution in [3.8, 4) is 0 Å². The van der Waals surface area contributed by atoms with E-state index in [0.717, 1.165) is 11.3 Å². The topological polar surface area (TPSA) is 67.0 Å². The molecule has 20 heavy (non-hydrogen) atoms. The molecule has 0 aliphatic heterocycles. The minimum Gasteiger partial charge on any atom is -0.460 e. The monoisotopic (exact) mass is 273 g/mol. The van der Waals surface area contributed by atoms with E-state index in [0.29, 0.717) is 6.42 Å². The average Bonchev–Trinajstić information content (AvgIpc) is 2.97. The first-order chi connectivity index (χ1) is 9.69. The van der Waals surface area contributed by atoms with E-state index in [9.17, 15) is 4.79 Å². The molecule has 0 amide bonds. The molecule has 0 fully saturated rings. The van der Waals surface area contributed by atoms with Gasteiger partial charge in [0, 0.05) is 12.6 Å². The Morgan fingerprint density at radius 1 is 1.40 bits per heavy atom. The third-order valence-corrected chi connectivity index (χ3v) is 3.10. The molecule has 2 N–H and O–H groups in total. The number of nitrogens with zero attached hydrogens (tertiary/aromatic N) is 1. The molecular formula is C15H19N3O2. The molecule has 1 aromatic carbocycles. The number of hydrogen-bond acceptors (Lipinski definition) is 4. The molecule has 106 valence electrons. The van der Waals surface area contributed by atoms with Gasteiger partial charge in [0.15, 0.2) is 0 Å². The lowest BCUT2D eigenvalue weighted by molar-refractivity contribution is -0.147. The summed E-state index contributed by atoms with van der Waals surface area (Å²) in [7, 11) is 1.74. The van der Waals surface area contributed by atoms with E-state index in [1.165, 1.54) is 5.56 Å². The summed E-state index contributed by atoms with van der Waals surface area (Å²) in [5, 5.41) is 2.96. The number of aryl methyl sites for hydroxylation is 1. The SMILES string of the molecule is CN[C@@H](Cc1c[nH]cn1)C(=O)OCc1ccc(C)cc1. The number of imidazole rings is 1. The van der Waals surface area contributed by atoms with E-state index >= 15 is 0 Å². The van der Waals surface area contributed by atoms with Crippen LogP contribution in [0.25, 0.3) is 0 Å². The van der Waals surface area contributed by atoms with Gasteiger partial charge in [-0.15, -0.1) is 0 Å². The Bertz CT molecular complexity index is 535. The van der Waals surface area contributed by atoms with Crippen molar-refractivity contribution in [2.24, 2.45) is 0 Å². The van der Waals surface area contributed by atoms with Crippen LogP contribution in [0.1, 0.15) is 16.8 Å². The van der Waals surface area contributed by atoms with Gasteiger partial charge in [-0.1, -0.05) is 29.8 Å². The lowest BCUT2D eigenvalue weighted by atomic mass is 10.1. The standard InChI is InChI=1S/C15H19N3O2/c1-11-3-5-12(6-4-11)9-20-15(19)14(16-2)7-13-8-17-10-18-13/h3-6,8,10,14,16H,7,9H2,1-2H3,(H,17,18)/t14-/m0/s1. The Balaban J connectivity index is 1.87. The Labute approximate surface area is 118 Å². The van der Waals surface area contributed by atoms with Gasteiger partial charge in [-0.05, 0) is 19.5 Å². The molecule has 0 radical (unpaired) electrons. The van der Waals surface area contributed by atoms with Crippen LogP contribution >= 0.6 is 0 Å². The van der Waals surface area contributed by atoms with E-state index in [-0.39, 0.29) is 18.6 Å². The number of ether oxygens (including phenoxy) is 1. The number of aromatic nitrogens is 2. The van der Waals surface area contributed by atoms with Gasteiger partial charge in [0.1, 0.15) is 12.6 Å². The lowest BCUT2D eigenvalue weighted by Crippen LogP contribution is -2.37. The van der Waals surface area contributed by atoms with Crippen molar-refractivity contribution in [1.82, 2.24) is 15.3 Å². The van der Waals surface area contributed by atoms with Gasteiger partial charge >= 0.3 is 5.97 Å². The van der Waals surface area contributed by atoms with Crippen LogP contribution in [0.5, 0.6) is 0 Å². The lowest BCUT2D eigenvalue weighted by Gasteiger charge is -2.14. The maximum atomic E-state index is 12.0. The number of benzene rings is 1. The number of aromatic amines is 1. The predicted molar refractivity (Wildman–Crippen MR) is 76.1 cm³/mol. The van der Waals surface area contributed by atoms with Crippen molar-refractivity contribution in [3.05, 3.63) is 53.6 Å². The summed E-state index contributed by atoms with van der Waals surface area (Å²) < 4.78 is 5.33. The highest BCUT2D eigenvalue weighted by Crippen LogP contribution is 2.06. The molecule has 0 bridgehead atoms. The van der Waals surface area contributed by atoms with Gasteiger partial charge < -0.3 is 15.0 Å². The van der Waals surface area contributed by atoms with Gasteiger partial charge in [-0.2, -0.15) is 0 Å². The van der Waals surface area contributed by atoms with Gasteiger partial charge in [-0.25, -0.2) is 4.98 Å². The molecule has 0 spiro atoms. The van der Waals surface area contributed by atoms with Gasteiger partial charge in [0.25, 0.3) is 0 Å². The Hall–Kier alpha value is -2.14. The van der Waals surface area contributed by atoms with Crippen LogP contribution in [0, 0.1) is 6.92 Å². The van der Waals surface area contributed by atoms with Crippen LogP contribution in [-0.2, 0) is 22.6 Å². The number of carbonyl (C=O) groups is 1. The fraction of sp³-hybridized carbons (Fsp3) is 0.333. The second-order valence-electron chi connectivity index (χ2n) is 4.70. The summed E-state index contributed by atoms with van der Waals surface area (Å²) in [4.78, 5) is 19.0.